The first kappa shape index (κ1) is 14.9. The molecular weight excluding hydrogens is 294 g/mol. The molecule has 6 nitrogen and oxygen atoms in total. The summed E-state index contributed by atoms with van der Waals surface area (Å²) in [5.41, 5.74) is 0. The molecule has 3 atom stereocenters. The van der Waals surface area contributed by atoms with Crippen LogP contribution in [0.5, 0.6) is 0 Å². The van der Waals surface area contributed by atoms with Crippen molar-refractivity contribution in [2.75, 3.05) is 13.2 Å². The predicted octanol–water partition coefficient (Wildman–Crippen LogP) is 2.68. The summed E-state index contributed by atoms with van der Waals surface area (Å²) >= 11 is 0. The van der Waals surface area contributed by atoms with Gasteiger partial charge in [0.2, 0.25) is 5.89 Å². The number of rotatable bonds is 4. The number of aromatic nitrogens is 2. The lowest BCUT2D eigenvalue weighted by Gasteiger charge is -2.39. The van der Waals surface area contributed by atoms with E-state index in [0.29, 0.717) is 11.9 Å². The summed E-state index contributed by atoms with van der Waals surface area (Å²) < 4.78 is 17.2. The first-order valence-electron chi connectivity index (χ1n) is 8.46. The number of hydrogen-bond donors (Lipinski definition) is 0. The standard InChI is InChI=1S/C17H23N3O3/c1-3-13-4-5-14(22-13)10-20-9-12(17-18-11(2)19-23-17)8-16-15(20)6-7-21-16/h4-5,12,15-16H,3,6-10H2,1-2H3/t12-,15-,16-/m1/s1. The molecule has 124 valence electrons. The second-order valence-electron chi connectivity index (χ2n) is 6.53. The Morgan fingerprint density at radius 1 is 1.30 bits per heavy atom. The lowest BCUT2D eigenvalue weighted by Crippen LogP contribution is -2.48. The maximum Gasteiger partial charge on any atom is 0.231 e. The molecule has 2 saturated heterocycles. The lowest BCUT2D eigenvalue weighted by atomic mass is 9.90. The van der Waals surface area contributed by atoms with Crippen molar-refractivity contribution in [3.05, 3.63) is 35.4 Å². The van der Waals surface area contributed by atoms with Gasteiger partial charge in [0.1, 0.15) is 11.5 Å². The van der Waals surface area contributed by atoms with E-state index in [9.17, 15) is 0 Å². The Morgan fingerprint density at radius 2 is 2.17 bits per heavy atom. The van der Waals surface area contributed by atoms with Gasteiger partial charge >= 0.3 is 0 Å². The first-order chi connectivity index (χ1) is 11.2. The highest BCUT2D eigenvalue weighted by molar-refractivity contribution is 5.09. The molecule has 2 aromatic rings. The number of nitrogens with zero attached hydrogens (tertiary/aromatic N) is 3. The zero-order chi connectivity index (χ0) is 15.8. The van der Waals surface area contributed by atoms with Crippen molar-refractivity contribution in [2.24, 2.45) is 0 Å². The highest BCUT2D eigenvalue weighted by Crippen LogP contribution is 2.36. The molecule has 0 bridgehead atoms. The van der Waals surface area contributed by atoms with E-state index in [-0.39, 0.29) is 12.0 Å². The van der Waals surface area contributed by atoms with Crippen LogP contribution in [0.2, 0.25) is 0 Å². The molecule has 2 aliphatic heterocycles. The third-order valence-corrected chi connectivity index (χ3v) is 4.93. The number of hydrogen-bond acceptors (Lipinski definition) is 6. The van der Waals surface area contributed by atoms with Crippen molar-refractivity contribution >= 4 is 0 Å². The average Bonchev–Trinajstić information content (AvgIpc) is 3.26. The lowest BCUT2D eigenvalue weighted by molar-refractivity contribution is 0.00594. The SMILES string of the molecule is CCc1ccc(CN2C[C@H](c3nc(C)no3)C[C@H]3OCC[C@H]32)o1. The highest BCUT2D eigenvalue weighted by Gasteiger charge is 2.42. The molecule has 0 unspecified atom stereocenters. The smallest absolute Gasteiger partial charge is 0.231 e. The number of piperidine rings is 1. The number of likely N-dealkylation sites (tertiary alicyclic amines) is 1. The van der Waals surface area contributed by atoms with Gasteiger partial charge in [0.05, 0.1) is 18.6 Å². The van der Waals surface area contributed by atoms with Crippen LogP contribution in [0.15, 0.2) is 21.1 Å². The maximum absolute atomic E-state index is 5.95. The minimum atomic E-state index is 0.233. The van der Waals surface area contributed by atoms with E-state index in [4.69, 9.17) is 13.7 Å². The summed E-state index contributed by atoms with van der Waals surface area (Å²) in [6.07, 6.45) is 3.23. The molecule has 0 radical (unpaired) electrons. The van der Waals surface area contributed by atoms with Gasteiger partial charge in [0, 0.05) is 25.6 Å². The molecule has 0 aromatic carbocycles. The van der Waals surface area contributed by atoms with Crippen LogP contribution in [0.3, 0.4) is 0 Å². The molecule has 6 heteroatoms. The molecule has 0 saturated carbocycles. The number of fused-ring (bicyclic) bond motifs is 1. The van der Waals surface area contributed by atoms with Gasteiger partial charge in [-0.05, 0) is 31.9 Å². The van der Waals surface area contributed by atoms with E-state index in [0.717, 1.165) is 56.4 Å². The Balaban J connectivity index is 1.53. The Kier molecular flexibility index (Phi) is 3.95. The van der Waals surface area contributed by atoms with Gasteiger partial charge < -0.3 is 13.7 Å². The Morgan fingerprint density at radius 3 is 2.91 bits per heavy atom. The fourth-order valence-corrected chi connectivity index (χ4v) is 3.79. The molecule has 0 N–H and O–H groups in total. The van der Waals surface area contributed by atoms with Gasteiger partial charge in [0.25, 0.3) is 0 Å². The van der Waals surface area contributed by atoms with Crippen molar-refractivity contribution in [2.45, 2.75) is 57.7 Å². The molecule has 2 aromatic heterocycles. The predicted molar refractivity (Wildman–Crippen MR) is 83.0 cm³/mol. The topological polar surface area (TPSA) is 64.5 Å². The maximum atomic E-state index is 5.95. The van der Waals surface area contributed by atoms with Gasteiger partial charge in [-0.1, -0.05) is 12.1 Å². The Labute approximate surface area is 135 Å². The van der Waals surface area contributed by atoms with E-state index in [1.54, 1.807) is 0 Å². The summed E-state index contributed by atoms with van der Waals surface area (Å²) in [7, 11) is 0. The summed E-state index contributed by atoms with van der Waals surface area (Å²) in [5.74, 6) is 3.72. The van der Waals surface area contributed by atoms with Crippen molar-refractivity contribution in [3.8, 4) is 0 Å². The minimum absolute atomic E-state index is 0.233. The monoisotopic (exact) mass is 317 g/mol. The zero-order valence-electron chi connectivity index (χ0n) is 13.7. The van der Waals surface area contributed by atoms with Gasteiger partial charge in [-0.3, -0.25) is 4.90 Å². The number of aryl methyl sites for hydroxylation is 2. The van der Waals surface area contributed by atoms with Crippen LogP contribution < -0.4 is 0 Å². The summed E-state index contributed by atoms with van der Waals surface area (Å²) in [5, 5.41) is 3.94. The van der Waals surface area contributed by atoms with Crippen LogP contribution in [0, 0.1) is 6.92 Å². The van der Waals surface area contributed by atoms with E-state index in [1.165, 1.54) is 0 Å². The van der Waals surface area contributed by atoms with Crippen LogP contribution in [-0.2, 0) is 17.7 Å². The summed E-state index contributed by atoms with van der Waals surface area (Å²) in [6.45, 7) is 6.53. The first-order valence-corrected chi connectivity index (χ1v) is 8.46. The molecule has 4 rings (SSSR count). The second-order valence-corrected chi connectivity index (χ2v) is 6.53. The van der Waals surface area contributed by atoms with E-state index < -0.39 is 0 Å². The van der Waals surface area contributed by atoms with Crippen LogP contribution >= 0.6 is 0 Å². The fourth-order valence-electron chi connectivity index (χ4n) is 3.79. The molecule has 4 heterocycles. The molecule has 0 aliphatic carbocycles. The minimum Gasteiger partial charge on any atom is -0.465 e. The van der Waals surface area contributed by atoms with Gasteiger partial charge in [-0.25, -0.2) is 0 Å². The molecular formula is C17H23N3O3. The van der Waals surface area contributed by atoms with E-state index in [1.807, 2.05) is 6.92 Å². The Hall–Kier alpha value is -1.66. The van der Waals surface area contributed by atoms with Crippen LogP contribution in [-0.4, -0.2) is 40.3 Å². The summed E-state index contributed by atoms with van der Waals surface area (Å²) in [4.78, 5) is 6.89. The van der Waals surface area contributed by atoms with Crippen molar-refractivity contribution in [1.82, 2.24) is 15.0 Å². The normalized spacial score (nSPS) is 28.2. The zero-order valence-corrected chi connectivity index (χ0v) is 13.7. The molecule has 0 spiro atoms. The third-order valence-electron chi connectivity index (χ3n) is 4.93. The van der Waals surface area contributed by atoms with Crippen molar-refractivity contribution < 1.29 is 13.7 Å². The van der Waals surface area contributed by atoms with E-state index in [2.05, 4.69) is 34.1 Å². The molecule has 23 heavy (non-hydrogen) atoms. The van der Waals surface area contributed by atoms with Crippen molar-refractivity contribution in [3.63, 3.8) is 0 Å². The average molecular weight is 317 g/mol. The molecule has 0 amide bonds. The number of furan rings is 1. The third kappa shape index (κ3) is 2.93. The Bertz CT molecular complexity index is 666. The second kappa shape index (κ2) is 6.09. The van der Waals surface area contributed by atoms with Gasteiger partial charge in [0.15, 0.2) is 5.82 Å². The molecule has 2 fully saturated rings. The van der Waals surface area contributed by atoms with Gasteiger partial charge in [-0.2, -0.15) is 4.98 Å². The number of ether oxygens (including phenoxy) is 1. The van der Waals surface area contributed by atoms with Crippen LogP contribution in [0.25, 0.3) is 0 Å². The highest BCUT2D eigenvalue weighted by atomic mass is 16.5. The van der Waals surface area contributed by atoms with Crippen LogP contribution in [0.4, 0.5) is 0 Å². The largest absolute Gasteiger partial charge is 0.465 e. The fraction of sp³-hybridized carbons (Fsp3) is 0.647. The van der Waals surface area contributed by atoms with Crippen molar-refractivity contribution in [1.29, 1.82) is 0 Å². The summed E-state index contributed by atoms with van der Waals surface area (Å²) in [6, 6.07) is 4.62. The van der Waals surface area contributed by atoms with E-state index >= 15 is 0 Å². The van der Waals surface area contributed by atoms with Gasteiger partial charge in [-0.15, -0.1) is 0 Å². The van der Waals surface area contributed by atoms with Crippen LogP contribution in [0.1, 0.15) is 48.9 Å². The quantitative estimate of drug-likeness (QED) is 0.864. The molecule has 2 aliphatic rings.